The van der Waals surface area contributed by atoms with Gasteiger partial charge in [-0.3, -0.25) is 0 Å². The van der Waals surface area contributed by atoms with Crippen LogP contribution in [0.3, 0.4) is 0 Å². The Kier molecular flexibility index (Phi) is 7.72. The molecule has 59 heavy (non-hydrogen) atoms. The van der Waals surface area contributed by atoms with E-state index in [0.717, 1.165) is 56.0 Å². The van der Waals surface area contributed by atoms with Gasteiger partial charge in [-0.1, -0.05) is 182 Å². The summed E-state index contributed by atoms with van der Waals surface area (Å²) >= 11 is 1.85. The van der Waals surface area contributed by atoms with Crippen LogP contribution in [-0.2, 0) is 0 Å². The standard InChI is InChI=1S/C55H33N3S/c1-3-14-34(15-4-1)48-33-49(35-16-5-2-6-17-35)57-55(56-48)37-28-26-36(27-29-37)52-51-45-22-11-12-25-50(45)59-54(51)46-24-13-23-39(53(46)58-52)38-30-31-44-42-20-8-7-18-40(42)41-19-9-10-21-43(41)47(44)32-38/h1-33H. The van der Waals surface area contributed by atoms with Gasteiger partial charge in [-0.05, 0) is 56.1 Å². The van der Waals surface area contributed by atoms with Crippen molar-refractivity contribution in [1.29, 1.82) is 0 Å². The van der Waals surface area contributed by atoms with Crippen LogP contribution in [0, 0.1) is 0 Å². The number of pyridine rings is 1. The van der Waals surface area contributed by atoms with Crippen LogP contribution in [0.5, 0.6) is 0 Å². The molecule has 12 aromatic rings. The van der Waals surface area contributed by atoms with Crippen LogP contribution in [0.25, 0.3) is 120 Å². The molecule has 9 aromatic carbocycles. The van der Waals surface area contributed by atoms with Crippen molar-refractivity contribution in [1.82, 2.24) is 15.0 Å². The van der Waals surface area contributed by atoms with Crippen LogP contribution in [0.15, 0.2) is 200 Å². The van der Waals surface area contributed by atoms with Crippen molar-refractivity contribution in [3.63, 3.8) is 0 Å². The third-order valence-electron chi connectivity index (χ3n) is 11.7. The minimum Gasteiger partial charge on any atom is -0.246 e. The highest BCUT2D eigenvalue weighted by Gasteiger charge is 2.20. The van der Waals surface area contributed by atoms with E-state index in [9.17, 15) is 0 Å². The zero-order valence-electron chi connectivity index (χ0n) is 31.8. The van der Waals surface area contributed by atoms with E-state index in [0.29, 0.717) is 5.82 Å². The number of aromatic nitrogens is 3. The molecule has 0 N–H and O–H groups in total. The second kappa shape index (κ2) is 13.6. The van der Waals surface area contributed by atoms with Gasteiger partial charge in [-0.15, -0.1) is 11.3 Å². The summed E-state index contributed by atoms with van der Waals surface area (Å²) in [5, 5.41) is 11.2. The molecule has 0 amide bonds. The summed E-state index contributed by atoms with van der Waals surface area (Å²) in [6.07, 6.45) is 0. The summed E-state index contributed by atoms with van der Waals surface area (Å²) < 4.78 is 2.50. The number of hydrogen-bond acceptors (Lipinski definition) is 4. The number of fused-ring (bicyclic) bond motifs is 11. The minimum atomic E-state index is 0.688. The van der Waals surface area contributed by atoms with Crippen LogP contribution < -0.4 is 0 Å². The molecular weight excluding hydrogens is 735 g/mol. The summed E-state index contributed by atoms with van der Waals surface area (Å²) in [7, 11) is 0. The lowest BCUT2D eigenvalue weighted by Gasteiger charge is -2.14. The maximum Gasteiger partial charge on any atom is 0.160 e. The molecule has 0 saturated carbocycles. The van der Waals surface area contributed by atoms with Gasteiger partial charge < -0.3 is 0 Å². The molecule has 0 atom stereocenters. The van der Waals surface area contributed by atoms with E-state index in [2.05, 4.69) is 188 Å². The summed E-state index contributed by atoms with van der Waals surface area (Å²) in [5.74, 6) is 0.688. The van der Waals surface area contributed by atoms with Crippen molar-refractivity contribution in [2.75, 3.05) is 0 Å². The second-order valence-corrected chi connectivity index (χ2v) is 16.1. The van der Waals surface area contributed by atoms with Gasteiger partial charge in [0.1, 0.15) is 0 Å². The quantitative estimate of drug-likeness (QED) is 0.164. The first-order valence-electron chi connectivity index (χ1n) is 19.9. The zero-order valence-corrected chi connectivity index (χ0v) is 32.6. The monoisotopic (exact) mass is 767 g/mol. The molecule has 0 bridgehead atoms. The lowest BCUT2D eigenvalue weighted by Crippen LogP contribution is -1.96. The van der Waals surface area contributed by atoms with Crippen LogP contribution in [0.4, 0.5) is 0 Å². The first-order chi connectivity index (χ1) is 29.2. The molecule has 0 aliphatic rings. The maximum absolute atomic E-state index is 5.65. The van der Waals surface area contributed by atoms with Gasteiger partial charge in [-0.25, -0.2) is 15.0 Å². The topological polar surface area (TPSA) is 38.7 Å². The number of nitrogens with zero attached hydrogens (tertiary/aromatic N) is 3. The average Bonchev–Trinajstić information content (AvgIpc) is 3.72. The van der Waals surface area contributed by atoms with Crippen LogP contribution >= 0.6 is 11.3 Å². The fourth-order valence-corrected chi connectivity index (χ4v) is 10.1. The SMILES string of the molecule is c1ccc(-c2cc(-c3ccccc3)nc(-c3ccc(-c4nc5c(-c6ccc7c8ccccc8c8ccccc8c7c6)cccc5c5sc6ccccc6c45)cc3)n2)cc1. The number of thiophene rings is 1. The lowest BCUT2D eigenvalue weighted by molar-refractivity contribution is 1.18. The molecule has 0 fully saturated rings. The highest BCUT2D eigenvalue weighted by molar-refractivity contribution is 7.26. The molecular formula is C55H33N3S. The largest absolute Gasteiger partial charge is 0.246 e. The Morgan fingerprint density at radius 2 is 0.831 bits per heavy atom. The van der Waals surface area contributed by atoms with Gasteiger partial charge in [0.25, 0.3) is 0 Å². The Balaban J connectivity index is 1.05. The highest BCUT2D eigenvalue weighted by Crippen LogP contribution is 2.45. The molecule has 0 unspecified atom stereocenters. The van der Waals surface area contributed by atoms with Gasteiger partial charge in [0, 0.05) is 53.4 Å². The van der Waals surface area contributed by atoms with Gasteiger partial charge >= 0.3 is 0 Å². The Bertz CT molecular complexity index is 3500. The molecule has 3 nitrogen and oxygen atoms in total. The third-order valence-corrected chi connectivity index (χ3v) is 12.9. The summed E-state index contributed by atoms with van der Waals surface area (Å²) in [5.41, 5.74) is 10.2. The average molecular weight is 768 g/mol. The van der Waals surface area contributed by atoms with Gasteiger partial charge in [-0.2, -0.15) is 0 Å². The van der Waals surface area contributed by atoms with Crippen molar-refractivity contribution >= 4 is 74.7 Å². The number of benzene rings is 9. The second-order valence-electron chi connectivity index (χ2n) is 15.1. The molecule has 0 aliphatic carbocycles. The Labute approximate surface area is 344 Å². The highest BCUT2D eigenvalue weighted by atomic mass is 32.1. The van der Waals surface area contributed by atoms with Gasteiger partial charge in [0.15, 0.2) is 5.82 Å². The fourth-order valence-electron chi connectivity index (χ4n) is 8.87. The number of para-hydroxylation sites is 1. The predicted octanol–water partition coefficient (Wildman–Crippen LogP) is 15.2. The predicted molar refractivity (Wildman–Crippen MR) is 250 cm³/mol. The molecule has 12 rings (SSSR count). The van der Waals surface area contributed by atoms with E-state index in [1.165, 1.54) is 57.9 Å². The van der Waals surface area contributed by atoms with Gasteiger partial charge in [0.2, 0.25) is 0 Å². The maximum atomic E-state index is 5.65. The molecule has 0 radical (unpaired) electrons. The summed E-state index contributed by atoms with van der Waals surface area (Å²) in [4.78, 5) is 15.9. The third kappa shape index (κ3) is 5.53. The molecule has 3 heterocycles. The molecule has 4 heteroatoms. The van der Waals surface area contributed by atoms with E-state index in [1.807, 2.05) is 23.5 Å². The van der Waals surface area contributed by atoms with Crippen LogP contribution in [0.2, 0.25) is 0 Å². The molecule has 0 saturated heterocycles. The minimum absolute atomic E-state index is 0.688. The Morgan fingerprint density at radius 3 is 1.47 bits per heavy atom. The summed E-state index contributed by atoms with van der Waals surface area (Å²) in [6.45, 7) is 0. The van der Waals surface area contributed by atoms with E-state index in [1.54, 1.807) is 0 Å². The number of hydrogen-bond donors (Lipinski definition) is 0. The van der Waals surface area contributed by atoms with Crippen molar-refractivity contribution < 1.29 is 0 Å². The zero-order chi connectivity index (χ0) is 38.9. The van der Waals surface area contributed by atoms with Crippen molar-refractivity contribution in [2.24, 2.45) is 0 Å². The number of rotatable bonds is 5. The van der Waals surface area contributed by atoms with E-state index in [4.69, 9.17) is 15.0 Å². The molecule has 0 aliphatic heterocycles. The first-order valence-corrected chi connectivity index (χ1v) is 20.8. The van der Waals surface area contributed by atoms with Gasteiger partial charge in [0.05, 0.1) is 22.6 Å². The van der Waals surface area contributed by atoms with Crippen molar-refractivity contribution in [2.45, 2.75) is 0 Å². The lowest BCUT2D eigenvalue weighted by atomic mass is 9.91. The molecule has 274 valence electrons. The first kappa shape index (κ1) is 33.6. The Hall–Kier alpha value is -7.53. The van der Waals surface area contributed by atoms with Crippen LogP contribution in [0.1, 0.15) is 0 Å². The molecule has 0 spiro atoms. The molecule has 3 aromatic heterocycles. The normalized spacial score (nSPS) is 11.7. The van der Waals surface area contributed by atoms with E-state index < -0.39 is 0 Å². The van der Waals surface area contributed by atoms with Crippen LogP contribution in [-0.4, -0.2) is 15.0 Å². The van der Waals surface area contributed by atoms with Crippen molar-refractivity contribution in [3.8, 4) is 56.3 Å². The van der Waals surface area contributed by atoms with E-state index in [-0.39, 0.29) is 0 Å². The summed E-state index contributed by atoms with van der Waals surface area (Å²) in [6, 6.07) is 71.3. The Morgan fingerprint density at radius 1 is 0.322 bits per heavy atom. The van der Waals surface area contributed by atoms with Crippen molar-refractivity contribution in [3.05, 3.63) is 200 Å². The smallest absolute Gasteiger partial charge is 0.160 e. The fraction of sp³-hybridized carbons (Fsp3) is 0. The van der Waals surface area contributed by atoms with E-state index >= 15 is 0 Å².